The molecule has 3 heterocycles. The monoisotopic (exact) mass is 256 g/mol. The number of fused-ring (bicyclic) bond motifs is 1. The molecule has 6 heteroatoms. The molecule has 0 aliphatic rings. The van der Waals surface area contributed by atoms with E-state index in [0.717, 1.165) is 0 Å². The summed E-state index contributed by atoms with van der Waals surface area (Å²) in [7, 11) is 0. The second kappa shape index (κ2) is 4.56. The molecule has 0 aromatic carbocycles. The van der Waals surface area contributed by atoms with Crippen LogP contribution in [-0.4, -0.2) is 18.7 Å². The van der Waals surface area contributed by atoms with E-state index < -0.39 is 0 Å². The molecule has 0 atom stereocenters. The average Bonchev–Trinajstić information content (AvgIpc) is 2.75. The molecule has 0 saturated carbocycles. The van der Waals surface area contributed by atoms with Gasteiger partial charge in [-0.2, -0.15) is 0 Å². The van der Waals surface area contributed by atoms with Crippen LogP contribution in [0, 0.1) is 0 Å². The largest absolute Gasteiger partial charge is 0.350 e. The fourth-order valence-corrected chi connectivity index (χ4v) is 1.96. The Morgan fingerprint density at radius 2 is 1.74 bits per heavy atom. The van der Waals surface area contributed by atoms with E-state index in [9.17, 15) is 9.59 Å². The van der Waals surface area contributed by atoms with Gasteiger partial charge in [-0.05, 0) is 18.2 Å². The number of hydrogen-bond donors (Lipinski definition) is 0. The smallest absolute Gasteiger partial charge is 0.314 e. The van der Waals surface area contributed by atoms with Gasteiger partial charge in [-0.1, -0.05) is 12.1 Å². The van der Waals surface area contributed by atoms with E-state index in [0.29, 0.717) is 18.7 Å². The molecule has 0 fully saturated rings. The Morgan fingerprint density at radius 1 is 0.947 bits per heavy atom. The van der Waals surface area contributed by atoms with Gasteiger partial charge in [-0.25, -0.2) is 9.48 Å². The van der Waals surface area contributed by atoms with Crippen molar-refractivity contribution in [1.82, 2.24) is 18.7 Å². The van der Waals surface area contributed by atoms with Gasteiger partial charge in [0.05, 0.1) is 6.54 Å². The van der Waals surface area contributed by atoms with Gasteiger partial charge in [0.15, 0.2) is 5.65 Å². The van der Waals surface area contributed by atoms with Gasteiger partial charge in [0.2, 0.25) is 0 Å². The Hall–Kier alpha value is -2.63. The van der Waals surface area contributed by atoms with Crippen molar-refractivity contribution in [3.05, 3.63) is 69.6 Å². The summed E-state index contributed by atoms with van der Waals surface area (Å²) >= 11 is 0. The highest BCUT2D eigenvalue weighted by Crippen LogP contribution is 1.95. The fourth-order valence-electron chi connectivity index (χ4n) is 1.96. The molecule has 0 aliphatic heterocycles. The molecule has 0 spiro atoms. The summed E-state index contributed by atoms with van der Waals surface area (Å²) in [6.45, 7) is 0.786. The fraction of sp³-hybridized carbons (Fsp3) is 0.154. The van der Waals surface area contributed by atoms with Crippen LogP contribution in [0.4, 0.5) is 0 Å². The molecular formula is C13H12N4O2. The number of pyridine rings is 2. The van der Waals surface area contributed by atoms with Gasteiger partial charge in [-0.3, -0.25) is 9.20 Å². The van der Waals surface area contributed by atoms with Crippen molar-refractivity contribution in [3.63, 3.8) is 0 Å². The van der Waals surface area contributed by atoms with Crippen LogP contribution in [0.25, 0.3) is 5.65 Å². The van der Waals surface area contributed by atoms with Crippen LogP contribution in [0.3, 0.4) is 0 Å². The van der Waals surface area contributed by atoms with Crippen LogP contribution in [0.5, 0.6) is 0 Å². The maximum Gasteiger partial charge on any atom is 0.350 e. The van der Waals surface area contributed by atoms with E-state index >= 15 is 0 Å². The standard InChI is InChI=1S/C13H12N4O2/c18-12-6-2-3-7-15(12)9-10-17-13(19)16-8-4-1-5-11(16)14-17/h1-8H,9-10H2. The van der Waals surface area contributed by atoms with Crippen LogP contribution in [0.2, 0.25) is 0 Å². The van der Waals surface area contributed by atoms with E-state index in [-0.39, 0.29) is 11.2 Å². The lowest BCUT2D eigenvalue weighted by Crippen LogP contribution is -2.26. The number of aryl methyl sites for hydroxylation is 2. The molecule has 3 rings (SSSR count). The number of hydrogen-bond acceptors (Lipinski definition) is 3. The second-order valence-corrected chi connectivity index (χ2v) is 4.17. The van der Waals surface area contributed by atoms with Crippen molar-refractivity contribution >= 4 is 5.65 Å². The molecule has 19 heavy (non-hydrogen) atoms. The Bertz CT molecular complexity index is 828. The quantitative estimate of drug-likeness (QED) is 0.679. The van der Waals surface area contributed by atoms with E-state index in [2.05, 4.69) is 5.10 Å². The average molecular weight is 256 g/mol. The summed E-state index contributed by atoms with van der Waals surface area (Å²) < 4.78 is 4.40. The van der Waals surface area contributed by atoms with E-state index in [1.807, 2.05) is 6.07 Å². The maximum atomic E-state index is 12.0. The minimum absolute atomic E-state index is 0.0840. The Balaban J connectivity index is 1.91. The topological polar surface area (TPSA) is 61.3 Å². The van der Waals surface area contributed by atoms with Gasteiger partial charge < -0.3 is 4.57 Å². The molecule has 0 N–H and O–H groups in total. The molecule has 0 saturated heterocycles. The highest BCUT2D eigenvalue weighted by atomic mass is 16.2. The van der Waals surface area contributed by atoms with Crippen LogP contribution >= 0.6 is 0 Å². The van der Waals surface area contributed by atoms with Crippen LogP contribution < -0.4 is 11.2 Å². The van der Waals surface area contributed by atoms with Crippen molar-refractivity contribution in [1.29, 1.82) is 0 Å². The van der Waals surface area contributed by atoms with Crippen LogP contribution in [0.1, 0.15) is 0 Å². The summed E-state index contributed by atoms with van der Waals surface area (Å²) in [5.74, 6) is 0. The maximum absolute atomic E-state index is 12.0. The van der Waals surface area contributed by atoms with E-state index in [4.69, 9.17) is 0 Å². The first-order valence-corrected chi connectivity index (χ1v) is 5.95. The Morgan fingerprint density at radius 3 is 2.53 bits per heavy atom. The van der Waals surface area contributed by atoms with Crippen molar-refractivity contribution in [3.8, 4) is 0 Å². The third-order valence-corrected chi connectivity index (χ3v) is 2.94. The van der Waals surface area contributed by atoms with E-state index in [1.54, 1.807) is 41.2 Å². The third-order valence-electron chi connectivity index (χ3n) is 2.94. The molecule has 0 aliphatic carbocycles. The zero-order valence-electron chi connectivity index (χ0n) is 10.1. The molecular weight excluding hydrogens is 244 g/mol. The predicted molar refractivity (Wildman–Crippen MR) is 70.2 cm³/mol. The first-order valence-electron chi connectivity index (χ1n) is 5.95. The van der Waals surface area contributed by atoms with Gasteiger partial charge in [0.25, 0.3) is 5.56 Å². The van der Waals surface area contributed by atoms with Gasteiger partial charge in [-0.15, -0.1) is 5.10 Å². The number of nitrogens with zero attached hydrogens (tertiary/aromatic N) is 4. The predicted octanol–water partition coefficient (Wildman–Crippen LogP) is 0.358. The van der Waals surface area contributed by atoms with Crippen molar-refractivity contribution < 1.29 is 0 Å². The molecule has 96 valence electrons. The van der Waals surface area contributed by atoms with Crippen LogP contribution in [-0.2, 0) is 13.1 Å². The highest BCUT2D eigenvalue weighted by Gasteiger charge is 2.05. The minimum atomic E-state index is -0.195. The summed E-state index contributed by atoms with van der Waals surface area (Å²) in [6, 6.07) is 10.3. The van der Waals surface area contributed by atoms with Gasteiger partial charge in [0, 0.05) is 25.0 Å². The molecule has 0 unspecified atom stereocenters. The highest BCUT2D eigenvalue weighted by molar-refractivity contribution is 5.35. The molecule has 0 amide bonds. The van der Waals surface area contributed by atoms with Gasteiger partial charge >= 0.3 is 5.69 Å². The SMILES string of the molecule is O=c1ccccn1CCn1nc2ccccn2c1=O. The normalized spacial score (nSPS) is 10.9. The van der Waals surface area contributed by atoms with Crippen molar-refractivity contribution in [2.24, 2.45) is 0 Å². The third kappa shape index (κ3) is 2.08. The summed E-state index contributed by atoms with van der Waals surface area (Å²) in [6.07, 6.45) is 3.37. The Kier molecular flexibility index (Phi) is 2.75. The second-order valence-electron chi connectivity index (χ2n) is 4.17. The lowest BCUT2D eigenvalue weighted by Gasteiger charge is -2.03. The van der Waals surface area contributed by atoms with E-state index in [1.165, 1.54) is 15.1 Å². The first-order chi connectivity index (χ1) is 9.25. The number of rotatable bonds is 3. The van der Waals surface area contributed by atoms with Crippen molar-refractivity contribution in [2.75, 3.05) is 0 Å². The zero-order chi connectivity index (χ0) is 13.2. The minimum Gasteiger partial charge on any atom is -0.314 e. The molecule has 3 aromatic rings. The van der Waals surface area contributed by atoms with Crippen LogP contribution in [0.15, 0.2) is 58.4 Å². The zero-order valence-corrected chi connectivity index (χ0v) is 10.1. The first kappa shape index (κ1) is 11.5. The van der Waals surface area contributed by atoms with Gasteiger partial charge in [0.1, 0.15) is 0 Å². The lowest BCUT2D eigenvalue weighted by molar-refractivity contribution is 0.511. The summed E-state index contributed by atoms with van der Waals surface area (Å²) in [5.41, 5.74) is 0.326. The lowest BCUT2D eigenvalue weighted by atomic mass is 10.4. The summed E-state index contributed by atoms with van der Waals surface area (Å²) in [4.78, 5) is 23.6. The molecule has 0 radical (unpaired) electrons. The van der Waals surface area contributed by atoms with Crippen molar-refractivity contribution in [2.45, 2.75) is 13.1 Å². The summed E-state index contributed by atoms with van der Waals surface area (Å²) in [5, 5.41) is 4.21. The molecule has 6 nitrogen and oxygen atoms in total. The molecule has 3 aromatic heterocycles. The number of aromatic nitrogens is 4. The Labute approximate surface area is 108 Å². The molecule has 0 bridgehead atoms.